The molecule has 0 aliphatic carbocycles. The molecule has 54 valence electrons. The molecule has 0 aliphatic rings. The average molecular weight is 140 g/mol. The molecule has 0 bridgehead atoms. The summed E-state index contributed by atoms with van der Waals surface area (Å²) in [7, 11) is 1.65. The maximum absolute atomic E-state index is 10.8. The van der Waals surface area contributed by atoms with Gasteiger partial charge in [0.25, 0.3) is 0 Å². The Morgan fingerprint density at radius 2 is 2.60 bits per heavy atom. The number of aryl methyl sites for hydroxylation is 1. The Bertz CT molecular complexity index is 242. The molecule has 0 amide bonds. The van der Waals surface area contributed by atoms with E-state index in [1.807, 2.05) is 0 Å². The Kier molecular flexibility index (Phi) is 1.77. The molecule has 1 aromatic rings. The van der Waals surface area contributed by atoms with Crippen molar-refractivity contribution < 1.29 is 4.79 Å². The van der Waals surface area contributed by atoms with Crippen LogP contribution in [0.2, 0.25) is 0 Å². The number of nitrogens with zero attached hydrogens (tertiary/aromatic N) is 3. The molecule has 0 unspecified atom stereocenters. The van der Waals surface area contributed by atoms with Crippen molar-refractivity contribution in [2.75, 3.05) is 6.54 Å². The third-order valence-corrected chi connectivity index (χ3v) is 1.07. The van der Waals surface area contributed by atoms with Crippen molar-refractivity contribution in [2.24, 2.45) is 12.8 Å². The molecule has 1 aromatic heterocycles. The lowest BCUT2D eigenvalue weighted by atomic mass is 10.3. The van der Waals surface area contributed by atoms with E-state index < -0.39 is 0 Å². The highest BCUT2D eigenvalue weighted by Crippen LogP contribution is 1.89. The SMILES string of the molecule is Cn1ncc(C(=O)CN)n1. The summed E-state index contributed by atoms with van der Waals surface area (Å²) in [4.78, 5) is 12.1. The molecule has 0 aromatic carbocycles. The zero-order valence-electron chi connectivity index (χ0n) is 5.61. The number of ketones is 1. The van der Waals surface area contributed by atoms with E-state index in [4.69, 9.17) is 5.73 Å². The number of hydrogen-bond acceptors (Lipinski definition) is 4. The summed E-state index contributed by atoms with van der Waals surface area (Å²) in [5.74, 6) is -0.187. The minimum Gasteiger partial charge on any atom is -0.324 e. The number of carbonyl (C=O) groups excluding carboxylic acids is 1. The van der Waals surface area contributed by atoms with Crippen molar-refractivity contribution >= 4 is 5.78 Å². The van der Waals surface area contributed by atoms with Crippen molar-refractivity contribution in [2.45, 2.75) is 0 Å². The van der Waals surface area contributed by atoms with Crippen LogP contribution in [0.15, 0.2) is 6.20 Å². The molecule has 5 heteroatoms. The Balaban J connectivity index is 2.85. The summed E-state index contributed by atoms with van der Waals surface area (Å²) in [5, 5.41) is 7.47. The normalized spacial score (nSPS) is 9.80. The quantitative estimate of drug-likeness (QED) is 0.532. The summed E-state index contributed by atoms with van der Waals surface area (Å²) < 4.78 is 0. The summed E-state index contributed by atoms with van der Waals surface area (Å²) in [6, 6.07) is 0. The predicted octanol–water partition coefficient (Wildman–Crippen LogP) is -1.04. The summed E-state index contributed by atoms with van der Waals surface area (Å²) in [6.45, 7) is -0.0152. The van der Waals surface area contributed by atoms with Crippen LogP contribution in [0.25, 0.3) is 0 Å². The fraction of sp³-hybridized carbons (Fsp3) is 0.400. The number of rotatable bonds is 2. The fourth-order valence-electron chi connectivity index (χ4n) is 0.578. The topological polar surface area (TPSA) is 73.8 Å². The van der Waals surface area contributed by atoms with Gasteiger partial charge in [-0.3, -0.25) is 4.79 Å². The lowest BCUT2D eigenvalue weighted by molar-refractivity contribution is 0.0996. The first-order chi connectivity index (χ1) is 4.74. The second-order valence-corrected chi connectivity index (χ2v) is 1.85. The standard InChI is InChI=1S/C5H8N4O/c1-9-7-3-4(8-9)5(10)2-6/h3H,2,6H2,1H3. The largest absolute Gasteiger partial charge is 0.324 e. The molecule has 1 rings (SSSR count). The summed E-state index contributed by atoms with van der Waals surface area (Å²) >= 11 is 0. The van der Waals surface area contributed by atoms with Crippen LogP contribution in [0.5, 0.6) is 0 Å². The second kappa shape index (κ2) is 2.57. The first-order valence-corrected chi connectivity index (χ1v) is 2.83. The highest BCUT2D eigenvalue weighted by atomic mass is 16.1. The zero-order valence-corrected chi connectivity index (χ0v) is 5.61. The smallest absolute Gasteiger partial charge is 0.198 e. The van der Waals surface area contributed by atoms with Gasteiger partial charge in [-0.25, -0.2) is 0 Å². The van der Waals surface area contributed by atoms with Crippen LogP contribution >= 0.6 is 0 Å². The monoisotopic (exact) mass is 140 g/mol. The van der Waals surface area contributed by atoms with Gasteiger partial charge >= 0.3 is 0 Å². The molecule has 5 nitrogen and oxygen atoms in total. The van der Waals surface area contributed by atoms with Crippen molar-refractivity contribution in [3.8, 4) is 0 Å². The highest BCUT2D eigenvalue weighted by molar-refractivity contribution is 5.95. The van der Waals surface area contributed by atoms with Gasteiger partial charge in [0.2, 0.25) is 0 Å². The lowest BCUT2D eigenvalue weighted by Crippen LogP contribution is -2.14. The van der Waals surface area contributed by atoms with E-state index in [1.54, 1.807) is 7.05 Å². The second-order valence-electron chi connectivity index (χ2n) is 1.85. The lowest BCUT2D eigenvalue weighted by Gasteiger charge is -1.86. The van der Waals surface area contributed by atoms with Crippen LogP contribution in [0.4, 0.5) is 0 Å². The van der Waals surface area contributed by atoms with Crippen LogP contribution in [-0.2, 0) is 7.05 Å². The average Bonchev–Trinajstić information content (AvgIpc) is 2.34. The van der Waals surface area contributed by atoms with Gasteiger partial charge in [0.1, 0.15) is 5.69 Å². The number of carbonyl (C=O) groups is 1. The van der Waals surface area contributed by atoms with Gasteiger partial charge in [-0.05, 0) is 0 Å². The third-order valence-electron chi connectivity index (χ3n) is 1.07. The molecule has 0 fully saturated rings. The third kappa shape index (κ3) is 1.19. The van der Waals surface area contributed by atoms with Crippen molar-refractivity contribution in [1.29, 1.82) is 0 Å². The molecular formula is C5H8N4O. The fourth-order valence-corrected chi connectivity index (χ4v) is 0.578. The van der Waals surface area contributed by atoms with E-state index in [2.05, 4.69) is 10.2 Å². The van der Waals surface area contributed by atoms with Gasteiger partial charge in [0.05, 0.1) is 12.7 Å². The number of hydrogen-bond donors (Lipinski definition) is 1. The molecule has 0 atom stereocenters. The Labute approximate surface area is 57.8 Å². The van der Waals surface area contributed by atoms with E-state index in [-0.39, 0.29) is 12.3 Å². The molecule has 0 saturated carbocycles. The van der Waals surface area contributed by atoms with Crippen LogP contribution in [0.3, 0.4) is 0 Å². The summed E-state index contributed by atoms with van der Waals surface area (Å²) in [5.41, 5.74) is 5.41. The van der Waals surface area contributed by atoms with E-state index in [9.17, 15) is 4.79 Å². The summed E-state index contributed by atoms with van der Waals surface area (Å²) in [6.07, 6.45) is 1.40. The number of aromatic nitrogens is 3. The van der Waals surface area contributed by atoms with E-state index in [0.717, 1.165) is 0 Å². The maximum Gasteiger partial charge on any atom is 0.198 e. The minimum absolute atomic E-state index is 0.0152. The Hall–Kier alpha value is -1.23. The van der Waals surface area contributed by atoms with Crippen molar-refractivity contribution in [1.82, 2.24) is 15.0 Å². The van der Waals surface area contributed by atoms with Crippen LogP contribution in [-0.4, -0.2) is 27.3 Å². The van der Waals surface area contributed by atoms with E-state index >= 15 is 0 Å². The van der Waals surface area contributed by atoms with Gasteiger partial charge < -0.3 is 5.73 Å². The van der Waals surface area contributed by atoms with Gasteiger partial charge in [0.15, 0.2) is 5.78 Å². The molecular weight excluding hydrogens is 132 g/mol. The maximum atomic E-state index is 10.8. The molecule has 0 saturated heterocycles. The van der Waals surface area contributed by atoms with Gasteiger partial charge in [-0.15, -0.1) is 0 Å². The van der Waals surface area contributed by atoms with Crippen molar-refractivity contribution in [3.05, 3.63) is 11.9 Å². The first kappa shape index (κ1) is 6.88. The predicted molar refractivity (Wildman–Crippen MR) is 34.4 cm³/mol. The zero-order chi connectivity index (χ0) is 7.56. The molecule has 2 N–H and O–H groups in total. The van der Waals surface area contributed by atoms with Gasteiger partial charge in [-0.2, -0.15) is 15.0 Å². The molecule has 10 heavy (non-hydrogen) atoms. The van der Waals surface area contributed by atoms with Gasteiger partial charge in [0, 0.05) is 7.05 Å². The molecule has 0 radical (unpaired) electrons. The number of nitrogens with two attached hydrogens (primary N) is 1. The van der Waals surface area contributed by atoms with Crippen molar-refractivity contribution in [3.63, 3.8) is 0 Å². The minimum atomic E-state index is -0.187. The van der Waals surface area contributed by atoms with Crippen LogP contribution in [0.1, 0.15) is 10.5 Å². The van der Waals surface area contributed by atoms with Crippen LogP contribution in [0, 0.1) is 0 Å². The Morgan fingerprint density at radius 3 is 3.00 bits per heavy atom. The van der Waals surface area contributed by atoms with E-state index in [0.29, 0.717) is 5.69 Å². The number of Topliss-reactive ketones (excluding diaryl/α,β-unsaturated/α-hetero) is 1. The van der Waals surface area contributed by atoms with Crippen LogP contribution < -0.4 is 5.73 Å². The molecule has 1 heterocycles. The Morgan fingerprint density at radius 1 is 1.90 bits per heavy atom. The van der Waals surface area contributed by atoms with E-state index in [1.165, 1.54) is 11.0 Å². The van der Waals surface area contributed by atoms with Gasteiger partial charge in [-0.1, -0.05) is 0 Å². The molecule has 0 aliphatic heterocycles. The molecule has 0 spiro atoms. The first-order valence-electron chi connectivity index (χ1n) is 2.83. The highest BCUT2D eigenvalue weighted by Gasteiger charge is 2.05.